The lowest BCUT2D eigenvalue weighted by molar-refractivity contribution is -0.127. The highest BCUT2D eigenvalue weighted by atomic mass is 35.5. The summed E-state index contributed by atoms with van der Waals surface area (Å²) in [7, 11) is 0. The molecule has 6 nitrogen and oxygen atoms in total. The summed E-state index contributed by atoms with van der Waals surface area (Å²) in [4.78, 5) is 38.4. The molecule has 1 aliphatic rings. The third-order valence-corrected chi connectivity index (χ3v) is 6.54. The lowest BCUT2D eigenvalue weighted by Gasteiger charge is -2.12. The average molecular weight is 545 g/mol. The smallest absolute Gasteiger partial charge is 0.294 e. The molecule has 1 saturated heterocycles. The summed E-state index contributed by atoms with van der Waals surface area (Å²) < 4.78 is 19.1. The van der Waals surface area contributed by atoms with E-state index in [1.165, 1.54) is 24.3 Å². The van der Waals surface area contributed by atoms with E-state index in [2.05, 4.69) is 5.32 Å². The van der Waals surface area contributed by atoms with Gasteiger partial charge in [0.2, 0.25) is 5.91 Å². The molecule has 0 bridgehead atoms. The van der Waals surface area contributed by atoms with E-state index in [1.807, 2.05) is 31.2 Å². The van der Waals surface area contributed by atoms with Gasteiger partial charge in [-0.25, -0.2) is 4.39 Å². The van der Waals surface area contributed by atoms with E-state index in [-0.39, 0.29) is 27.2 Å². The van der Waals surface area contributed by atoms with Crippen molar-refractivity contribution < 1.29 is 23.5 Å². The molecular formula is C26H19Cl2FN2O4S. The number of benzene rings is 3. The van der Waals surface area contributed by atoms with Gasteiger partial charge in [0.25, 0.3) is 11.1 Å². The molecule has 0 aliphatic carbocycles. The maximum Gasteiger partial charge on any atom is 0.294 e. The van der Waals surface area contributed by atoms with Gasteiger partial charge in [-0.05, 0) is 66.2 Å². The van der Waals surface area contributed by atoms with Crippen LogP contribution in [0.4, 0.5) is 14.9 Å². The molecule has 0 spiro atoms. The van der Waals surface area contributed by atoms with Crippen LogP contribution < -0.4 is 10.1 Å². The van der Waals surface area contributed by atoms with Crippen molar-refractivity contribution in [3.05, 3.63) is 98.1 Å². The quantitative estimate of drug-likeness (QED) is 0.335. The first-order valence-corrected chi connectivity index (χ1v) is 12.2. The second-order valence-electron chi connectivity index (χ2n) is 7.92. The van der Waals surface area contributed by atoms with Crippen molar-refractivity contribution in [3.8, 4) is 5.75 Å². The molecular weight excluding hydrogens is 526 g/mol. The fourth-order valence-electron chi connectivity index (χ4n) is 3.46. The molecule has 10 heteroatoms. The van der Waals surface area contributed by atoms with Gasteiger partial charge < -0.3 is 10.1 Å². The number of carbonyl (C=O) groups excluding carboxylic acids is 3. The first-order chi connectivity index (χ1) is 17.2. The van der Waals surface area contributed by atoms with Crippen LogP contribution in [-0.2, 0) is 16.2 Å². The van der Waals surface area contributed by atoms with Crippen LogP contribution in [0.15, 0.2) is 65.6 Å². The van der Waals surface area contributed by atoms with Crippen LogP contribution in [0.25, 0.3) is 6.08 Å². The summed E-state index contributed by atoms with van der Waals surface area (Å²) in [6.45, 7) is 1.75. The summed E-state index contributed by atoms with van der Waals surface area (Å²) in [5.74, 6) is -1.48. The van der Waals surface area contributed by atoms with E-state index in [1.54, 1.807) is 12.1 Å². The third-order valence-electron chi connectivity index (χ3n) is 5.07. The molecule has 4 rings (SSSR count). The molecule has 1 heterocycles. The number of thioether (sulfide) groups is 1. The average Bonchev–Trinajstić information content (AvgIpc) is 3.06. The van der Waals surface area contributed by atoms with Gasteiger partial charge in [0.1, 0.15) is 19.0 Å². The maximum atomic E-state index is 13.3. The lowest BCUT2D eigenvalue weighted by atomic mass is 10.1. The molecule has 36 heavy (non-hydrogen) atoms. The normalized spacial score (nSPS) is 14.4. The Kier molecular flexibility index (Phi) is 7.98. The molecule has 0 unspecified atom stereocenters. The van der Waals surface area contributed by atoms with Crippen LogP contribution in [0.2, 0.25) is 10.0 Å². The Morgan fingerprint density at radius 1 is 1.08 bits per heavy atom. The van der Waals surface area contributed by atoms with Gasteiger partial charge in [0, 0.05) is 5.69 Å². The number of aryl methyl sites for hydroxylation is 1. The molecule has 1 fully saturated rings. The second kappa shape index (κ2) is 11.2. The van der Waals surface area contributed by atoms with Gasteiger partial charge in [-0.1, -0.05) is 59.1 Å². The fraction of sp³-hybridized carbons (Fsp3) is 0.115. The zero-order valence-electron chi connectivity index (χ0n) is 18.9. The Bertz CT molecular complexity index is 1370. The van der Waals surface area contributed by atoms with Gasteiger partial charge >= 0.3 is 0 Å². The molecule has 184 valence electrons. The molecule has 0 saturated carbocycles. The Morgan fingerprint density at radius 3 is 2.50 bits per heavy atom. The molecule has 0 atom stereocenters. The van der Waals surface area contributed by atoms with Crippen molar-refractivity contribution >= 4 is 63.8 Å². The first-order valence-electron chi connectivity index (χ1n) is 10.7. The second-order valence-corrected chi connectivity index (χ2v) is 9.73. The molecule has 3 aromatic carbocycles. The number of nitrogens with one attached hydrogen (secondary N) is 1. The largest absolute Gasteiger partial charge is 0.486 e. The van der Waals surface area contributed by atoms with E-state index in [9.17, 15) is 18.8 Å². The first kappa shape index (κ1) is 25.8. The molecule has 3 aromatic rings. The fourth-order valence-corrected chi connectivity index (χ4v) is 4.91. The number of hydrogen-bond acceptors (Lipinski definition) is 5. The molecule has 3 amide bonds. The zero-order chi connectivity index (χ0) is 25.8. The van der Waals surface area contributed by atoms with Gasteiger partial charge in [-0.15, -0.1) is 0 Å². The van der Waals surface area contributed by atoms with Crippen molar-refractivity contribution in [2.45, 2.75) is 13.5 Å². The van der Waals surface area contributed by atoms with E-state index < -0.39 is 29.4 Å². The van der Waals surface area contributed by atoms with Gasteiger partial charge in [-0.3, -0.25) is 19.3 Å². The van der Waals surface area contributed by atoms with Crippen molar-refractivity contribution in [1.82, 2.24) is 4.90 Å². The minimum absolute atomic E-state index is 0.110. The highest BCUT2D eigenvalue weighted by Crippen LogP contribution is 2.37. The van der Waals surface area contributed by atoms with E-state index >= 15 is 0 Å². The summed E-state index contributed by atoms with van der Waals surface area (Å²) in [6.07, 6.45) is 1.47. The number of anilines is 1. The van der Waals surface area contributed by atoms with Crippen molar-refractivity contribution in [2.75, 3.05) is 11.9 Å². The summed E-state index contributed by atoms with van der Waals surface area (Å²) in [6, 6.07) is 16.3. The predicted molar refractivity (Wildman–Crippen MR) is 140 cm³/mol. The van der Waals surface area contributed by atoms with E-state index in [0.717, 1.165) is 22.1 Å². The van der Waals surface area contributed by atoms with Crippen LogP contribution in [0, 0.1) is 12.7 Å². The number of imide groups is 1. The van der Waals surface area contributed by atoms with E-state index in [4.69, 9.17) is 27.9 Å². The van der Waals surface area contributed by atoms with Gasteiger partial charge in [-0.2, -0.15) is 0 Å². The number of carbonyl (C=O) groups is 3. The minimum atomic E-state index is -0.634. The number of hydrogen-bond donors (Lipinski definition) is 1. The Morgan fingerprint density at radius 2 is 1.81 bits per heavy atom. The number of ether oxygens (including phenoxy) is 1. The van der Waals surface area contributed by atoms with Crippen LogP contribution in [0.1, 0.15) is 16.7 Å². The Labute approximate surface area is 221 Å². The zero-order valence-corrected chi connectivity index (χ0v) is 21.2. The highest BCUT2D eigenvalue weighted by molar-refractivity contribution is 8.18. The number of amides is 3. The monoisotopic (exact) mass is 544 g/mol. The minimum Gasteiger partial charge on any atom is -0.486 e. The van der Waals surface area contributed by atoms with E-state index in [0.29, 0.717) is 23.1 Å². The van der Waals surface area contributed by atoms with Crippen molar-refractivity contribution in [1.29, 1.82) is 0 Å². The molecule has 0 radical (unpaired) electrons. The van der Waals surface area contributed by atoms with Crippen LogP contribution in [0.3, 0.4) is 0 Å². The summed E-state index contributed by atoms with van der Waals surface area (Å²) in [5.41, 5.74) is 2.77. The summed E-state index contributed by atoms with van der Waals surface area (Å²) in [5, 5.41) is 2.35. The third kappa shape index (κ3) is 6.26. The Hall–Kier alpha value is -3.33. The topological polar surface area (TPSA) is 75.7 Å². The maximum absolute atomic E-state index is 13.3. The van der Waals surface area contributed by atoms with Crippen LogP contribution >= 0.6 is 35.0 Å². The van der Waals surface area contributed by atoms with Gasteiger partial charge in [0.05, 0.1) is 15.0 Å². The number of nitrogens with zero attached hydrogens (tertiary/aromatic N) is 1. The SMILES string of the molecule is Cc1cccc(COc2c(Cl)cc(/C=C3/SC(=O)N(CC(=O)Nc4cccc(F)c4)C3=O)cc2Cl)c1. The Balaban J connectivity index is 1.44. The summed E-state index contributed by atoms with van der Waals surface area (Å²) >= 11 is 13.5. The highest BCUT2D eigenvalue weighted by Gasteiger charge is 2.36. The predicted octanol–water partition coefficient (Wildman–Crippen LogP) is 6.69. The number of rotatable bonds is 7. The van der Waals surface area contributed by atoms with Crippen molar-refractivity contribution in [3.63, 3.8) is 0 Å². The van der Waals surface area contributed by atoms with Crippen LogP contribution in [0.5, 0.6) is 5.75 Å². The molecule has 1 aliphatic heterocycles. The van der Waals surface area contributed by atoms with Gasteiger partial charge in [0.15, 0.2) is 5.75 Å². The standard InChI is InChI=1S/C26H19Cl2FN2O4S/c1-15-4-2-5-16(8-15)14-35-24-20(27)9-17(10-21(24)28)11-22-25(33)31(26(34)36-22)13-23(32)30-19-7-3-6-18(29)12-19/h2-12H,13-14H2,1H3,(H,30,32)/b22-11+. The number of halogens is 3. The lowest BCUT2D eigenvalue weighted by Crippen LogP contribution is -2.36. The molecule has 1 N–H and O–H groups in total. The van der Waals surface area contributed by atoms with Crippen LogP contribution in [-0.4, -0.2) is 28.5 Å². The molecule has 0 aromatic heterocycles. The van der Waals surface area contributed by atoms with Crippen molar-refractivity contribution in [2.24, 2.45) is 0 Å².